The van der Waals surface area contributed by atoms with Crippen molar-refractivity contribution in [2.45, 2.75) is 51.4 Å². The van der Waals surface area contributed by atoms with E-state index in [9.17, 15) is 5.11 Å². The molecule has 2 unspecified atom stereocenters. The Balaban J connectivity index is 1.51. The van der Waals surface area contributed by atoms with E-state index in [0.29, 0.717) is 11.8 Å². The highest BCUT2D eigenvalue weighted by Crippen LogP contribution is 2.53. The average Bonchev–Trinajstić information content (AvgIpc) is 2.77. The zero-order chi connectivity index (χ0) is 20.3. The lowest BCUT2D eigenvalue weighted by Gasteiger charge is -2.43. The number of phenolic OH excluding ortho intramolecular Hbond substituents is 1. The molecule has 30 heavy (non-hydrogen) atoms. The summed E-state index contributed by atoms with van der Waals surface area (Å²) in [5.41, 5.74) is 5.83. The van der Waals surface area contributed by atoms with Crippen molar-refractivity contribution in [3.8, 4) is 11.5 Å². The molecule has 3 nitrogen and oxygen atoms in total. The van der Waals surface area contributed by atoms with E-state index < -0.39 is 0 Å². The predicted octanol–water partition coefficient (Wildman–Crippen LogP) is 6.85. The Labute approximate surface area is 179 Å². The molecular weight excluding hydrogens is 372 g/mol. The minimum Gasteiger partial charge on any atom is -0.508 e. The third-order valence-corrected chi connectivity index (χ3v) is 6.95. The summed E-state index contributed by atoms with van der Waals surface area (Å²) in [5, 5.41) is 10.1. The Bertz CT molecular complexity index is 957. The van der Waals surface area contributed by atoms with E-state index >= 15 is 0 Å². The van der Waals surface area contributed by atoms with Crippen molar-refractivity contribution in [2.75, 3.05) is 6.79 Å². The molecule has 0 saturated heterocycles. The number of hydrogen-bond acceptors (Lipinski definition) is 3. The monoisotopic (exact) mass is 402 g/mol. The summed E-state index contributed by atoms with van der Waals surface area (Å²) in [6, 6.07) is 17.3. The Morgan fingerprint density at radius 1 is 0.933 bits per heavy atom. The third kappa shape index (κ3) is 3.86. The van der Waals surface area contributed by atoms with E-state index in [1.165, 1.54) is 56.9 Å². The van der Waals surface area contributed by atoms with Gasteiger partial charge in [-0.25, -0.2) is 0 Å². The molecule has 1 saturated carbocycles. The molecule has 2 bridgehead atoms. The average molecular weight is 403 g/mol. The maximum atomic E-state index is 10.1. The quantitative estimate of drug-likeness (QED) is 0.338. The first kappa shape index (κ1) is 19.3. The van der Waals surface area contributed by atoms with E-state index in [2.05, 4.69) is 0 Å². The topological polar surface area (TPSA) is 38.7 Å². The second-order valence-electron chi connectivity index (χ2n) is 8.77. The van der Waals surface area contributed by atoms with E-state index in [1.807, 2.05) is 48.5 Å². The molecule has 3 aliphatic rings. The molecular formula is C27H30O3. The van der Waals surface area contributed by atoms with Gasteiger partial charge in [0, 0.05) is 11.5 Å². The van der Waals surface area contributed by atoms with Crippen LogP contribution in [0.4, 0.5) is 0 Å². The van der Waals surface area contributed by atoms with Crippen LogP contribution in [0.15, 0.2) is 71.3 Å². The van der Waals surface area contributed by atoms with Crippen LogP contribution in [-0.4, -0.2) is 11.9 Å². The molecule has 0 amide bonds. The van der Waals surface area contributed by atoms with Crippen LogP contribution in [0.25, 0.3) is 5.76 Å². The molecule has 0 aromatic heterocycles. The largest absolute Gasteiger partial charge is 0.508 e. The van der Waals surface area contributed by atoms with E-state index in [4.69, 9.17) is 9.47 Å². The van der Waals surface area contributed by atoms with Crippen molar-refractivity contribution >= 4 is 5.76 Å². The molecule has 1 N–H and O–H groups in total. The second kappa shape index (κ2) is 8.59. The van der Waals surface area contributed by atoms with Crippen LogP contribution in [0.1, 0.15) is 56.9 Å². The lowest BCUT2D eigenvalue weighted by molar-refractivity contribution is 0.0918. The third-order valence-electron chi connectivity index (χ3n) is 6.95. The highest BCUT2D eigenvalue weighted by atomic mass is 16.7. The van der Waals surface area contributed by atoms with Gasteiger partial charge in [0.1, 0.15) is 17.3 Å². The molecule has 0 spiro atoms. The zero-order valence-corrected chi connectivity index (χ0v) is 17.5. The van der Waals surface area contributed by atoms with Gasteiger partial charge >= 0.3 is 0 Å². The van der Waals surface area contributed by atoms with Crippen LogP contribution in [0.3, 0.4) is 0 Å². The van der Waals surface area contributed by atoms with Crippen molar-refractivity contribution in [1.82, 2.24) is 0 Å². The van der Waals surface area contributed by atoms with Crippen LogP contribution in [0.5, 0.6) is 11.5 Å². The molecule has 1 fully saturated rings. The second-order valence-corrected chi connectivity index (χ2v) is 8.77. The van der Waals surface area contributed by atoms with Gasteiger partial charge in [-0.1, -0.05) is 47.9 Å². The van der Waals surface area contributed by atoms with Gasteiger partial charge in [0.25, 0.3) is 0 Å². The molecule has 3 heteroatoms. The van der Waals surface area contributed by atoms with Gasteiger partial charge in [-0.15, -0.1) is 0 Å². The minimum absolute atomic E-state index is 0.170. The number of benzene rings is 2. The van der Waals surface area contributed by atoms with Gasteiger partial charge < -0.3 is 14.6 Å². The van der Waals surface area contributed by atoms with Crippen LogP contribution in [0.2, 0.25) is 0 Å². The van der Waals surface area contributed by atoms with Crippen molar-refractivity contribution in [3.63, 3.8) is 0 Å². The first-order valence-electron chi connectivity index (χ1n) is 11.3. The number of phenols is 1. The molecule has 2 aromatic rings. The van der Waals surface area contributed by atoms with E-state index in [0.717, 1.165) is 17.1 Å². The molecule has 0 heterocycles. The van der Waals surface area contributed by atoms with Crippen molar-refractivity contribution in [3.05, 3.63) is 76.9 Å². The van der Waals surface area contributed by atoms with Gasteiger partial charge in [-0.3, -0.25) is 0 Å². The molecule has 0 aliphatic heterocycles. The smallest absolute Gasteiger partial charge is 0.230 e. The van der Waals surface area contributed by atoms with Crippen LogP contribution < -0.4 is 4.74 Å². The number of rotatable bonds is 5. The zero-order valence-electron chi connectivity index (χ0n) is 17.5. The first-order valence-corrected chi connectivity index (χ1v) is 11.3. The van der Waals surface area contributed by atoms with E-state index in [1.54, 1.807) is 17.2 Å². The Morgan fingerprint density at radius 3 is 2.67 bits per heavy atom. The van der Waals surface area contributed by atoms with E-state index in [-0.39, 0.29) is 12.5 Å². The highest BCUT2D eigenvalue weighted by molar-refractivity contribution is 5.67. The van der Waals surface area contributed by atoms with Gasteiger partial charge in [-0.2, -0.15) is 0 Å². The molecule has 156 valence electrons. The van der Waals surface area contributed by atoms with Gasteiger partial charge in [0.05, 0.1) is 0 Å². The highest BCUT2D eigenvalue weighted by Gasteiger charge is 2.39. The number of hydrogen-bond donors (Lipinski definition) is 1. The summed E-state index contributed by atoms with van der Waals surface area (Å²) < 4.78 is 12.2. The van der Waals surface area contributed by atoms with Gasteiger partial charge in [-0.05, 0) is 80.7 Å². The van der Waals surface area contributed by atoms with Crippen molar-refractivity contribution in [1.29, 1.82) is 0 Å². The van der Waals surface area contributed by atoms with Crippen molar-refractivity contribution < 1.29 is 14.6 Å². The van der Waals surface area contributed by atoms with Crippen molar-refractivity contribution in [2.24, 2.45) is 11.8 Å². The van der Waals surface area contributed by atoms with Crippen LogP contribution in [-0.2, 0) is 4.74 Å². The summed E-state index contributed by atoms with van der Waals surface area (Å²) in [5.74, 6) is 3.06. The number of para-hydroxylation sites is 1. The molecule has 3 aliphatic carbocycles. The number of aromatic hydroxyl groups is 1. The molecule has 2 atom stereocenters. The summed E-state index contributed by atoms with van der Waals surface area (Å²) in [6.07, 6.45) is 10.1. The maximum absolute atomic E-state index is 10.1. The fourth-order valence-electron chi connectivity index (χ4n) is 5.68. The summed E-state index contributed by atoms with van der Waals surface area (Å²) >= 11 is 0. The summed E-state index contributed by atoms with van der Waals surface area (Å²) in [6.45, 7) is 0.170. The molecule has 0 radical (unpaired) electrons. The lowest BCUT2D eigenvalue weighted by Crippen LogP contribution is -2.30. The fourth-order valence-corrected chi connectivity index (χ4v) is 5.68. The minimum atomic E-state index is 0.170. The molecule has 5 rings (SSSR count). The summed E-state index contributed by atoms with van der Waals surface area (Å²) in [4.78, 5) is 0. The summed E-state index contributed by atoms with van der Waals surface area (Å²) in [7, 11) is 0. The number of allylic oxidation sites excluding steroid dienone is 3. The Hall–Kier alpha value is -2.68. The van der Waals surface area contributed by atoms with Gasteiger partial charge in [0.15, 0.2) is 0 Å². The lowest BCUT2D eigenvalue weighted by atomic mass is 9.62. The Morgan fingerprint density at radius 2 is 1.80 bits per heavy atom. The fraction of sp³-hybridized carbons (Fsp3) is 0.407. The van der Waals surface area contributed by atoms with Crippen LogP contribution >= 0.6 is 0 Å². The maximum Gasteiger partial charge on any atom is 0.230 e. The standard InChI is InChI=1S/C27H30O3/c28-22-11-6-10-21(17-22)27(30-18-29-23-12-2-1-3-13-23)26-20-9-7-15-25(26)24-14-5-4-8-19(24)16-20/h1-3,6,10-13,17,20,25,28H,4-5,7-9,14-16,18H2/b27-26+. The SMILES string of the molecule is Oc1cccc(/C(OCOc2ccccc2)=C2/C3CCCC2C2=C(CCCC2)C3)c1. The Kier molecular flexibility index (Phi) is 5.52. The van der Waals surface area contributed by atoms with Crippen LogP contribution in [0, 0.1) is 11.8 Å². The molecule has 2 aromatic carbocycles. The first-order chi connectivity index (χ1) is 14.8. The normalized spacial score (nSPS) is 24.8. The predicted molar refractivity (Wildman–Crippen MR) is 119 cm³/mol. The number of ether oxygens (including phenoxy) is 2. The van der Waals surface area contributed by atoms with Gasteiger partial charge in [0.2, 0.25) is 6.79 Å². The number of fused-ring (bicyclic) bond motifs is 3.